The van der Waals surface area contributed by atoms with Crippen molar-refractivity contribution in [3.63, 3.8) is 0 Å². The quantitative estimate of drug-likeness (QED) is 0.732. The lowest BCUT2D eigenvalue weighted by molar-refractivity contribution is 0.121. The number of sulfonamides is 1. The van der Waals surface area contributed by atoms with Crippen LogP contribution in [0.1, 0.15) is 19.3 Å². The fraction of sp³-hybridized carbons (Fsp3) is 1.00. The molecule has 0 aromatic carbocycles. The summed E-state index contributed by atoms with van der Waals surface area (Å²) in [4.78, 5) is 2.26. The molecule has 1 saturated heterocycles. The molecule has 0 unspecified atom stereocenters. The van der Waals surface area contributed by atoms with Crippen LogP contribution < -0.4 is 0 Å². The zero-order valence-electron chi connectivity index (χ0n) is 10.8. The number of nitrogens with zero attached hydrogens (tertiary/aromatic N) is 2. The normalized spacial score (nSPS) is 23.2. The Balaban J connectivity index is 2.27. The fourth-order valence-electron chi connectivity index (χ4n) is 2.16. The van der Waals surface area contributed by atoms with Crippen LogP contribution in [0, 0.1) is 5.92 Å². The molecule has 0 amide bonds. The monoisotopic (exact) mass is 264 g/mol. The molecule has 1 rings (SSSR count). The van der Waals surface area contributed by atoms with E-state index in [2.05, 4.69) is 4.90 Å². The summed E-state index contributed by atoms with van der Waals surface area (Å²) in [6.45, 7) is 2.98. The second-order valence-electron chi connectivity index (χ2n) is 4.94. The van der Waals surface area contributed by atoms with Gasteiger partial charge in [0.05, 0.1) is 5.75 Å². The maximum atomic E-state index is 11.6. The number of likely N-dealkylation sites (tertiary alicyclic amines) is 1. The summed E-state index contributed by atoms with van der Waals surface area (Å²) in [5, 5.41) is 9.11. The van der Waals surface area contributed by atoms with Gasteiger partial charge in [0.15, 0.2) is 0 Å². The van der Waals surface area contributed by atoms with E-state index in [1.807, 2.05) is 0 Å². The topological polar surface area (TPSA) is 60.9 Å². The second-order valence-corrected chi connectivity index (χ2v) is 7.25. The lowest BCUT2D eigenvalue weighted by atomic mass is 9.99. The van der Waals surface area contributed by atoms with Gasteiger partial charge < -0.3 is 10.0 Å². The lowest BCUT2D eigenvalue weighted by Crippen LogP contribution is -2.38. The molecule has 1 aliphatic rings. The number of hydrogen-bond donors (Lipinski definition) is 1. The van der Waals surface area contributed by atoms with Crippen LogP contribution in [0.5, 0.6) is 0 Å². The Morgan fingerprint density at radius 1 is 1.41 bits per heavy atom. The summed E-state index contributed by atoms with van der Waals surface area (Å²) < 4.78 is 24.4. The Labute approximate surface area is 104 Å². The molecule has 0 aromatic heterocycles. The molecule has 17 heavy (non-hydrogen) atoms. The van der Waals surface area contributed by atoms with E-state index in [0.717, 1.165) is 32.5 Å². The Hall–Kier alpha value is -0.170. The molecule has 1 N–H and O–H groups in total. The number of hydrogen-bond acceptors (Lipinski definition) is 4. The van der Waals surface area contributed by atoms with Crippen molar-refractivity contribution in [3.8, 4) is 0 Å². The predicted molar refractivity (Wildman–Crippen MR) is 68.3 cm³/mol. The SMILES string of the molecule is CN(C)S(=O)(=O)CCCN1CCC[C@H](CO)C1. The summed E-state index contributed by atoms with van der Waals surface area (Å²) >= 11 is 0. The van der Waals surface area contributed by atoms with Crippen LogP contribution in [0.4, 0.5) is 0 Å². The first-order chi connectivity index (χ1) is 7.95. The van der Waals surface area contributed by atoms with E-state index < -0.39 is 10.0 Å². The molecule has 1 aliphatic heterocycles. The molecule has 0 bridgehead atoms. The van der Waals surface area contributed by atoms with E-state index in [9.17, 15) is 8.42 Å². The van der Waals surface area contributed by atoms with Gasteiger partial charge in [-0.05, 0) is 38.3 Å². The van der Waals surface area contributed by atoms with Crippen molar-refractivity contribution in [3.05, 3.63) is 0 Å². The van der Waals surface area contributed by atoms with Crippen molar-refractivity contribution < 1.29 is 13.5 Å². The molecule has 5 nitrogen and oxygen atoms in total. The minimum Gasteiger partial charge on any atom is -0.396 e. The Bertz CT molecular complexity index is 317. The summed E-state index contributed by atoms with van der Waals surface area (Å²) in [6, 6.07) is 0. The van der Waals surface area contributed by atoms with Gasteiger partial charge in [0.2, 0.25) is 10.0 Å². The Morgan fingerprint density at radius 3 is 2.71 bits per heavy atom. The van der Waals surface area contributed by atoms with Gasteiger partial charge in [-0.1, -0.05) is 0 Å². The molecular weight excluding hydrogens is 240 g/mol. The van der Waals surface area contributed by atoms with Crippen molar-refractivity contribution in [2.75, 3.05) is 46.1 Å². The summed E-state index contributed by atoms with van der Waals surface area (Å²) in [7, 11) is 0.0741. The molecular formula is C11H24N2O3S. The smallest absolute Gasteiger partial charge is 0.213 e. The largest absolute Gasteiger partial charge is 0.396 e. The molecule has 0 saturated carbocycles. The summed E-state index contributed by atoms with van der Waals surface area (Å²) in [5.41, 5.74) is 0. The van der Waals surface area contributed by atoms with Crippen LogP contribution in [0.15, 0.2) is 0 Å². The van der Waals surface area contributed by atoms with Gasteiger partial charge in [-0.25, -0.2) is 12.7 Å². The molecule has 0 aliphatic carbocycles. The fourth-order valence-corrected chi connectivity index (χ4v) is 3.02. The van der Waals surface area contributed by atoms with E-state index in [1.54, 1.807) is 14.1 Å². The van der Waals surface area contributed by atoms with Crippen molar-refractivity contribution in [2.24, 2.45) is 5.92 Å². The molecule has 1 atom stereocenters. The highest BCUT2D eigenvalue weighted by Gasteiger charge is 2.20. The average Bonchev–Trinajstić information content (AvgIpc) is 2.29. The van der Waals surface area contributed by atoms with Crippen molar-refractivity contribution in [2.45, 2.75) is 19.3 Å². The predicted octanol–water partition coefficient (Wildman–Crippen LogP) is -0.0278. The standard InChI is InChI=1S/C11H24N2O3S/c1-12(2)17(15,16)8-4-7-13-6-3-5-11(9-13)10-14/h11,14H,3-10H2,1-2H3/t11-/m0/s1. The minimum absolute atomic E-state index is 0.209. The zero-order valence-corrected chi connectivity index (χ0v) is 11.6. The highest BCUT2D eigenvalue weighted by atomic mass is 32.2. The molecule has 0 spiro atoms. The molecule has 1 heterocycles. The first-order valence-electron chi connectivity index (χ1n) is 6.19. The van der Waals surface area contributed by atoms with Crippen LogP contribution in [-0.4, -0.2) is 68.8 Å². The summed E-state index contributed by atoms with van der Waals surface area (Å²) in [6.07, 6.45) is 2.85. The first-order valence-corrected chi connectivity index (χ1v) is 7.80. The van der Waals surface area contributed by atoms with Crippen LogP contribution >= 0.6 is 0 Å². The number of aliphatic hydroxyl groups excluding tert-OH is 1. The van der Waals surface area contributed by atoms with E-state index in [4.69, 9.17) is 5.11 Å². The van der Waals surface area contributed by atoms with Crippen LogP contribution in [0.2, 0.25) is 0 Å². The van der Waals surface area contributed by atoms with E-state index in [-0.39, 0.29) is 12.4 Å². The lowest BCUT2D eigenvalue weighted by Gasteiger charge is -2.31. The number of piperidine rings is 1. The van der Waals surface area contributed by atoms with Gasteiger partial charge in [-0.15, -0.1) is 0 Å². The Morgan fingerprint density at radius 2 is 2.12 bits per heavy atom. The first kappa shape index (κ1) is 14.9. The van der Waals surface area contributed by atoms with E-state index in [1.165, 1.54) is 4.31 Å². The van der Waals surface area contributed by atoms with Gasteiger partial charge in [0, 0.05) is 27.2 Å². The molecule has 0 aromatic rings. The van der Waals surface area contributed by atoms with Gasteiger partial charge in [0.25, 0.3) is 0 Å². The highest BCUT2D eigenvalue weighted by Crippen LogP contribution is 2.15. The zero-order chi connectivity index (χ0) is 12.9. The van der Waals surface area contributed by atoms with Gasteiger partial charge in [-0.3, -0.25) is 0 Å². The average molecular weight is 264 g/mol. The Kier molecular flexibility index (Phi) is 5.85. The third kappa shape index (κ3) is 4.91. The minimum atomic E-state index is -3.06. The maximum Gasteiger partial charge on any atom is 0.213 e. The van der Waals surface area contributed by atoms with E-state index >= 15 is 0 Å². The summed E-state index contributed by atoms with van der Waals surface area (Å²) in [5.74, 6) is 0.578. The van der Waals surface area contributed by atoms with Crippen LogP contribution in [-0.2, 0) is 10.0 Å². The van der Waals surface area contributed by atoms with Crippen molar-refractivity contribution in [1.29, 1.82) is 0 Å². The molecule has 1 fully saturated rings. The van der Waals surface area contributed by atoms with Gasteiger partial charge >= 0.3 is 0 Å². The molecule has 6 heteroatoms. The highest BCUT2D eigenvalue weighted by molar-refractivity contribution is 7.89. The number of aliphatic hydroxyl groups is 1. The van der Waals surface area contributed by atoms with Crippen molar-refractivity contribution >= 4 is 10.0 Å². The maximum absolute atomic E-state index is 11.6. The van der Waals surface area contributed by atoms with E-state index in [0.29, 0.717) is 12.3 Å². The van der Waals surface area contributed by atoms with Crippen LogP contribution in [0.3, 0.4) is 0 Å². The third-order valence-corrected chi connectivity index (χ3v) is 5.21. The second kappa shape index (κ2) is 6.68. The van der Waals surface area contributed by atoms with Gasteiger partial charge in [-0.2, -0.15) is 0 Å². The molecule has 0 radical (unpaired) electrons. The van der Waals surface area contributed by atoms with Crippen molar-refractivity contribution in [1.82, 2.24) is 9.21 Å². The van der Waals surface area contributed by atoms with Crippen LogP contribution in [0.25, 0.3) is 0 Å². The number of rotatable bonds is 6. The molecule has 102 valence electrons. The third-order valence-electron chi connectivity index (χ3n) is 3.29. The van der Waals surface area contributed by atoms with Gasteiger partial charge in [0.1, 0.15) is 0 Å².